The Morgan fingerprint density at radius 1 is 1.26 bits per heavy atom. The van der Waals surface area contributed by atoms with Gasteiger partial charge in [-0.2, -0.15) is 0 Å². The number of nitrogens with zero attached hydrogens (tertiary/aromatic N) is 1. The number of halogens is 1. The van der Waals surface area contributed by atoms with Gasteiger partial charge >= 0.3 is 0 Å². The number of rotatable bonds is 6. The van der Waals surface area contributed by atoms with Crippen molar-refractivity contribution in [1.82, 2.24) is 0 Å². The van der Waals surface area contributed by atoms with Crippen LogP contribution in [0.25, 0.3) is 0 Å². The highest BCUT2D eigenvalue weighted by molar-refractivity contribution is 5.91. The Bertz CT molecular complexity index is 717. The summed E-state index contributed by atoms with van der Waals surface area (Å²) in [6.07, 6.45) is 0.0763. The summed E-state index contributed by atoms with van der Waals surface area (Å²) in [6, 6.07) is 9.74. The first-order chi connectivity index (χ1) is 11.0. The topological polar surface area (TPSA) is 81.5 Å². The van der Waals surface area contributed by atoms with Gasteiger partial charge in [0.25, 0.3) is 5.69 Å². The molecule has 0 radical (unpaired) electrons. The van der Waals surface area contributed by atoms with Gasteiger partial charge in [0.15, 0.2) is 0 Å². The lowest BCUT2D eigenvalue weighted by atomic mass is 10.2. The molecule has 0 aromatic heterocycles. The van der Waals surface area contributed by atoms with Crippen LogP contribution in [0.15, 0.2) is 42.5 Å². The second-order valence-corrected chi connectivity index (χ2v) is 4.86. The minimum atomic E-state index is -0.501. The molecule has 0 heterocycles. The van der Waals surface area contributed by atoms with Gasteiger partial charge in [0.2, 0.25) is 5.91 Å². The van der Waals surface area contributed by atoms with E-state index in [-0.39, 0.29) is 24.6 Å². The molecule has 2 rings (SSSR count). The monoisotopic (exact) mass is 318 g/mol. The van der Waals surface area contributed by atoms with E-state index < -0.39 is 10.7 Å². The summed E-state index contributed by atoms with van der Waals surface area (Å²) in [5.41, 5.74) is 1.15. The van der Waals surface area contributed by atoms with Crippen molar-refractivity contribution in [1.29, 1.82) is 0 Å². The van der Waals surface area contributed by atoms with Crippen molar-refractivity contribution in [2.75, 3.05) is 11.9 Å². The van der Waals surface area contributed by atoms with E-state index in [1.165, 1.54) is 36.4 Å². The lowest BCUT2D eigenvalue weighted by molar-refractivity contribution is -0.384. The summed E-state index contributed by atoms with van der Waals surface area (Å²) in [5, 5.41) is 13.1. The van der Waals surface area contributed by atoms with E-state index in [4.69, 9.17) is 4.74 Å². The third-order valence-electron chi connectivity index (χ3n) is 3.12. The van der Waals surface area contributed by atoms with E-state index in [2.05, 4.69) is 5.32 Å². The Morgan fingerprint density at radius 3 is 2.61 bits per heavy atom. The second-order valence-electron chi connectivity index (χ2n) is 4.86. The van der Waals surface area contributed by atoms with E-state index in [1.807, 2.05) is 0 Å². The van der Waals surface area contributed by atoms with Crippen LogP contribution >= 0.6 is 0 Å². The van der Waals surface area contributed by atoms with Crippen LogP contribution in [0.2, 0.25) is 0 Å². The van der Waals surface area contributed by atoms with Crippen LogP contribution in [0, 0.1) is 22.9 Å². The lowest BCUT2D eigenvalue weighted by Crippen LogP contribution is -2.16. The minimum Gasteiger partial charge on any atom is -0.493 e. The summed E-state index contributed by atoms with van der Waals surface area (Å²) in [4.78, 5) is 21.8. The maximum Gasteiger partial charge on any atom is 0.269 e. The Hall–Kier alpha value is -2.96. The van der Waals surface area contributed by atoms with Gasteiger partial charge in [-0.1, -0.05) is 6.07 Å². The van der Waals surface area contributed by atoms with Gasteiger partial charge in [-0.05, 0) is 36.8 Å². The first-order valence-corrected chi connectivity index (χ1v) is 6.89. The Balaban J connectivity index is 1.82. The molecule has 0 unspecified atom stereocenters. The molecule has 1 N–H and O–H groups in total. The molecule has 0 spiro atoms. The van der Waals surface area contributed by atoms with Crippen LogP contribution in [0.5, 0.6) is 5.75 Å². The fourth-order valence-electron chi connectivity index (χ4n) is 1.87. The number of hydrogen-bond acceptors (Lipinski definition) is 4. The van der Waals surface area contributed by atoms with Crippen LogP contribution in [0.1, 0.15) is 12.0 Å². The predicted octanol–water partition coefficient (Wildman–Crippen LogP) is 3.45. The molecule has 0 saturated heterocycles. The summed E-state index contributed by atoms with van der Waals surface area (Å²) in [5.74, 6) is -0.293. The molecule has 2 aromatic rings. The largest absolute Gasteiger partial charge is 0.493 e. The number of ether oxygens (including phenoxy) is 1. The van der Waals surface area contributed by atoms with Gasteiger partial charge < -0.3 is 10.1 Å². The highest BCUT2D eigenvalue weighted by Gasteiger charge is 2.08. The van der Waals surface area contributed by atoms with Crippen molar-refractivity contribution in [2.45, 2.75) is 13.3 Å². The summed E-state index contributed by atoms with van der Waals surface area (Å²) < 4.78 is 18.5. The van der Waals surface area contributed by atoms with E-state index in [1.54, 1.807) is 13.0 Å². The molecule has 120 valence electrons. The van der Waals surface area contributed by atoms with Crippen LogP contribution in [0.4, 0.5) is 15.8 Å². The summed E-state index contributed by atoms with van der Waals surface area (Å²) >= 11 is 0. The van der Waals surface area contributed by atoms with E-state index in [0.29, 0.717) is 11.4 Å². The average Bonchev–Trinajstić information content (AvgIpc) is 2.51. The van der Waals surface area contributed by atoms with Crippen molar-refractivity contribution < 1.29 is 18.8 Å². The molecule has 23 heavy (non-hydrogen) atoms. The molecule has 0 bridgehead atoms. The molecular weight excluding hydrogens is 303 g/mol. The molecule has 1 amide bonds. The third-order valence-corrected chi connectivity index (χ3v) is 3.12. The first kappa shape index (κ1) is 16.4. The molecule has 6 nitrogen and oxygen atoms in total. The van der Waals surface area contributed by atoms with Crippen molar-refractivity contribution in [3.8, 4) is 5.75 Å². The van der Waals surface area contributed by atoms with Crippen LogP contribution in [-0.4, -0.2) is 17.4 Å². The van der Waals surface area contributed by atoms with E-state index in [0.717, 1.165) is 5.56 Å². The highest BCUT2D eigenvalue weighted by atomic mass is 19.1. The number of anilines is 1. The number of aryl methyl sites for hydroxylation is 1. The number of nitrogens with one attached hydrogen (secondary N) is 1. The van der Waals surface area contributed by atoms with Crippen LogP contribution in [0.3, 0.4) is 0 Å². The fraction of sp³-hybridized carbons (Fsp3) is 0.188. The highest BCUT2D eigenvalue weighted by Crippen LogP contribution is 2.18. The number of carbonyl (C=O) groups excluding carboxylic acids is 1. The third kappa shape index (κ3) is 4.77. The minimum absolute atomic E-state index is 0.0309. The van der Waals surface area contributed by atoms with Gasteiger partial charge in [0.05, 0.1) is 18.0 Å². The van der Waals surface area contributed by atoms with Crippen LogP contribution < -0.4 is 10.1 Å². The van der Waals surface area contributed by atoms with E-state index in [9.17, 15) is 19.3 Å². The van der Waals surface area contributed by atoms with Gasteiger partial charge in [-0.3, -0.25) is 14.9 Å². The maximum atomic E-state index is 13.1. The van der Waals surface area contributed by atoms with Gasteiger partial charge in [0.1, 0.15) is 11.6 Å². The van der Waals surface area contributed by atoms with Gasteiger partial charge in [0, 0.05) is 17.8 Å². The van der Waals surface area contributed by atoms with E-state index >= 15 is 0 Å². The number of non-ortho nitro benzene ring substituents is 1. The Morgan fingerprint density at radius 2 is 1.96 bits per heavy atom. The normalized spacial score (nSPS) is 10.2. The number of carbonyl (C=O) groups is 1. The van der Waals surface area contributed by atoms with Gasteiger partial charge in [-0.15, -0.1) is 0 Å². The molecule has 0 aliphatic heterocycles. The maximum absolute atomic E-state index is 13.1. The zero-order valence-corrected chi connectivity index (χ0v) is 12.4. The summed E-state index contributed by atoms with van der Waals surface area (Å²) in [6.45, 7) is 1.88. The molecule has 0 aliphatic rings. The van der Waals surface area contributed by atoms with Crippen molar-refractivity contribution >= 4 is 17.3 Å². The number of benzene rings is 2. The summed E-state index contributed by atoms with van der Waals surface area (Å²) in [7, 11) is 0. The SMILES string of the molecule is Cc1ccc(F)cc1NC(=O)CCOc1ccc([N+](=O)[O-])cc1. The number of nitro benzene ring substituents is 1. The van der Waals surface area contributed by atoms with Crippen molar-refractivity contribution in [2.24, 2.45) is 0 Å². The Kier molecular flexibility index (Phi) is 5.24. The zero-order chi connectivity index (χ0) is 16.8. The number of hydrogen-bond donors (Lipinski definition) is 1. The van der Waals surface area contributed by atoms with Crippen LogP contribution in [-0.2, 0) is 4.79 Å². The molecule has 0 aliphatic carbocycles. The number of nitro groups is 1. The smallest absolute Gasteiger partial charge is 0.269 e. The Labute approximate surface area is 132 Å². The second kappa shape index (κ2) is 7.35. The predicted molar refractivity (Wildman–Crippen MR) is 83.0 cm³/mol. The quantitative estimate of drug-likeness (QED) is 0.653. The molecule has 2 aromatic carbocycles. The molecule has 0 atom stereocenters. The lowest BCUT2D eigenvalue weighted by Gasteiger charge is -2.09. The fourth-order valence-corrected chi connectivity index (χ4v) is 1.87. The van der Waals surface area contributed by atoms with Crippen molar-refractivity contribution in [3.63, 3.8) is 0 Å². The first-order valence-electron chi connectivity index (χ1n) is 6.89. The molecule has 0 saturated carbocycles. The van der Waals surface area contributed by atoms with Crippen molar-refractivity contribution in [3.05, 3.63) is 64.0 Å². The zero-order valence-electron chi connectivity index (χ0n) is 12.4. The molecular formula is C16H15FN2O4. The average molecular weight is 318 g/mol. The number of amides is 1. The van der Waals surface area contributed by atoms with Gasteiger partial charge in [-0.25, -0.2) is 4.39 Å². The molecule has 7 heteroatoms. The standard InChI is InChI=1S/C16H15FN2O4/c1-11-2-3-12(17)10-15(11)18-16(20)8-9-23-14-6-4-13(5-7-14)19(21)22/h2-7,10H,8-9H2,1H3,(H,18,20). The molecule has 0 fully saturated rings.